The first-order chi connectivity index (χ1) is 12.9. The summed E-state index contributed by atoms with van der Waals surface area (Å²) in [5, 5.41) is 0. The number of rotatable bonds is 6. The summed E-state index contributed by atoms with van der Waals surface area (Å²) >= 11 is 0. The number of phosphoric ester groups is 1. The Bertz CT molecular complexity index is 872. The highest BCUT2D eigenvalue weighted by atomic mass is 31.2. The van der Waals surface area contributed by atoms with E-state index in [0.29, 0.717) is 17.2 Å². The van der Waals surface area contributed by atoms with E-state index in [2.05, 4.69) is 20.8 Å². The second-order valence-electron chi connectivity index (χ2n) is 7.09. The van der Waals surface area contributed by atoms with Crippen molar-refractivity contribution >= 4 is 7.82 Å². The van der Waals surface area contributed by atoms with E-state index in [9.17, 15) is 4.57 Å². The Labute approximate surface area is 160 Å². The van der Waals surface area contributed by atoms with Crippen LogP contribution in [0.2, 0.25) is 0 Å². The summed E-state index contributed by atoms with van der Waals surface area (Å²) in [4.78, 5) is 0. The smallest absolute Gasteiger partial charge is 0.386 e. The van der Waals surface area contributed by atoms with Crippen LogP contribution in [0.15, 0.2) is 84.9 Å². The highest BCUT2D eigenvalue weighted by Crippen LogP contribution is 2.51. The molecule has 140 valence electrons. The van der Waals surface area contributed by atoms with Crippen LogP contribution in [0.3, 0.4) is 0 Å². The molecule has 0 aliphatic carbocycles. The highest BCUT2D eigenvalue weighted by Gasteiger charge is 2.35. The fourth-order valence-electron chi connectivity index (χ4n) is 2.56. The molecular weight excluding hydrogens is 359 g/mol. The van der Waals surface area contributed by atoms with Crippen molar-refractivity contribution in [1.82, 2.24) is 0 Å². The Morgan fingerprint density at radius 3 is 1.56 bits per heavy atom. The molecule has 0 N–H and O–H groups in total. The van der Waals surface area contributed by atoms with Crippen molar-refractivity contribution in [2.45, 2.75) is 26.2 Å². The van der Waals surface area contributed by atoms with Crippen LogP contribution >= 0.6 is 7.82 Å². The lowest BCUT2D eigenvalue weighted by Gasteiger charge is -2.25. The maximum Gasteiger partial charge on any atom is 0.647 e. The second-order valence-corrected chi connectivity index (χ2v) is 8.54. The third kappa shape index (κ3) is 5.15. The Hall–Kier alpha value is -2.71. The molecule has 0 unspecified atom stereocenters. The van der Waals surface area contributed by atoms with Crippen molar-refractivity contribution in [3.63, 3.8) is 0 Å². The van der Waals surface area contributed by atoms with Gasteiger partial charge in [0, 0.05) is 5.56 Å². The van der Waals surface area contributed by atoms with Crippen molar-refractivity contribution in [3.8, 4) is 17.2 Å². The average Bonchev–Trinajstić information content (AvgIpc) is 2.62. The number of hydrogen-bond acceptors (Lipinski definition) is 4. The zero-order chi connectivity index (χ0) is 19.3. The molecule has 3 aromatic rings. The Morgan fingerprint density at radius 1 is 0.630 bits per heavy atom. The summed E-state index contributed by atoms with van der Waals surface area (Å²) in [5.74, 6) is 1.29. The SMILES string of the molecule is CC(C)(C)c1ccccc1OP(=O)(Oc1ccccc1)Oc1ccccc1. The van der Waals surface area contributed by atoms with Crippen molar-refractivity contribution in [1.29, 1.82) is 0 Å². The van der Waals surface area contributed by atoms with Gasteiger partial charge in [0.25, 0.3) is 0 Å². The summed E-state index contributed by atoms with van der Waals surface area (Å²) in [6.45, 7) is 6.20. The number of para-hydroxylation sites is 3. The van der Waals surface area contributed by atoms with Crippen molar-refractivity contribution < 1.29 is 18.1 Å². The summed E-state index contributed by atoms with van der Waals surface area (Å²) in [5.41, 5.74) is 0.722. The van der Waals surface area contributed by atoms with Crippen LogP contribution in [0.5, 0.6) is 17.2 Å². The summed E-state index contributed by atoms with van der Waals surface area (Å²) in [7, 11) is -3.98. The Kier molecular flexibility index (Phi) is 5.57. The predicted octanol–water partition coefficient (Wildman–Crippen LogP) is 6.63. The van der Waals surface area contributed by atoms with Gasteiger partial charge in [0.05, 0.1) is 0 Å². The third-order valence-corrected chi connectivity index (χ3v) is 5.12. The van der Waals surface area contributed by atoms with Gasteiger partial charge in [-0.3, -0.25) is 0 Å². The number of phosphoric acid groups is 1. The quantitative estimate of drug-likeness (QED) is 0.449. The van der Waals surface area contributed by atoms with Gasteiger partial charge in [-0.2, -0.15) is 4.57 Å². The molecule has 3 aromatic carbocycles. The summed E-state index contributed by atoms with van der Waals surface area (Å²) in [6, 6.07) is 25.2. The number of hydrogen-bond donors (Lipinski definition) is 0. The fourth-order valence-corrected chi connectivity index (χ4v) is 3.83. The van der Waals surface area contributed by atoms with Gasteiger partial charge in [0.15, 0.2) is 0 Å². The molecule has 0 heterocycles. The van der Waals surface area contributed by atoms with Gasteiger partial charge in [-0.25, -0.2) is 0 Å². The summed E-state index contributed by atoms with van der Waals surface area (Å²) in [6.07, 6.45) is 0. The van der Waals surface area contributed by atoms with E-state index in [-0.39, 0.29) is 5.41 Å². The van der Waals surface area contributed by atoms with Crippen LogP contribution in [-0.4, -0.2) is 0 Å². The topological polar surface area (TPSA) is 44.8 Å². The van der Waals surface area contributed by atoms with E-state index in [0.717, 1.165) is 5.56 Å². The minimum atomic E-state index is -3.98. The second kappa shape index (κ2) is 7.89. The normalized spacial score (nSPS) is 11.7. The third-order valence-electron chi connectivity index (χ3n) is 3.83. The van der Waals surface area contributed by atoms with Crippen LogP contribution in [0.1, 0.15) is 26.3 Å². The van der Waals surface area contributed by atoms with E-state index in [1.165, 1.54) is 0 Å². The highest BCUT2D eigenvalue weighted by molar-refractivity contribution is 7.49. The summed E-state index contributed by atoms with van der Waals surface area (Å²) < 4.78 is 30.8. The molecule has 0 saturated carbocycles. The van der Waals surface area contributed by atoms with E-state index in [1.807, 2.05) is 30.3 Å². The van der Waals surface area contributed by atoms with E-state index < -0.39 is 7.82 Å². The molecule has 0 bridgehead atoms. The molecule has 0 aromatic heterocycles. The van der Waals surface area contributed by atoms with E-state index in [1.54, 1.807) is 54.6 Å². The van der Waals surface area contributed by atoms with Crippen molar-refractivity contribution in [2.24, 2.45) is 0 Å². The molecule has 0 aliphatic rings. The number of benzene rings is 3. The average molecular weight is 382 g/mol. The van der Waals surface area contributed by atoms with E-state index in [4.69, 9.17) is 13.6 Å². The molecule has 0 radical (unpaired) electrons. The van der Waals surface area contributed by atoms with Crippen LogP contribution in [0.25, 0.3) is 0 Å². The van der Waals surface area contributed by atoms with Gasteiger partial charge < -0.3 is 13.6 Å². The molecular formula is C22H23O4P. The molecule has 27 heavy (non-hydrogen) atoms. The van der Waals surface area contributed by atoms with Gasteiger partial charge in [0.1, 0.15) is 17.2 Å². The molecule has 0 saturated heterocycles. The van der Waals surface area contributed by atoms with Gasteiger partial charge in [-0.1, -0.05) is 75.4 Å². The molecule has 5 heteroatoms. The molecule has 0 atom stereocenters. The molecule has 3 rings (SSSR count). The van der Waals surface area contributed by atoms with Crippen molar-refractivity contribution in [2.75, 3.05) is 0 Å². The van der Waals surface area contributed by atoms with Crippen LogP contribution in [0.4, 0.5) is 0 Å². The van der Waals surface area contributed by atoms with Crippen LogP contribution < -0.4 is 13.6 Å². The maximum atomic E-state index is 13.5. The monoisotopic (exact) mass is 382 g/mol. The zero-order valence-electron chi connectivity index (χ0n) is 15.7. The fraction of sp³-hybridized carbons (Fsp3) is 0.182. The Balaban J connectivity index is 1.97. The van der Waals surface area contributed by atoms with Gasteiger partial charge in [-0.15, -0.1) is 0 Å². The molecule has 0 aliphatic heterocycles. The van der Waals surface area contributed by atoms with Gasteiger partial charge in [-0.05, 0) is 35.7 Å². The molecule has 0 fully saturated rings. The standard InChI is InChI=1S/C22H23O4P/c1-22(2,3)20-16-10-11-17-21(20)26-27(23,24-18-12-6-4-7-13-18)25-19-14-8-5-9-15-19/h4-17H,1-3H3. The minimum Gasteiger partial charge on any atom is -0.386 e. The first-order valence-corrected chi connectivity index (χ1v) is 10.2. The predicted molar refractivity (Wildman–Crippen MR) is 108 cm³/mol. The minimum absolute atomic E-state index is 0.194. The first kappa shape index (κ1) is 19.1. The lowest BCUT2D eigenvalue weighted by Crippen LogP contribution is -2.15. The zero-order valence-corrected chi connectivity index (χ0v) is 16.6. The Morgan fingerprint density at radius 2 is 1.07 bits per heavy atom. The van der Waals surface area contributed by atoms with Crippen LogP contribution in [-0.2, 0) is 9.98 Å². The van der Waals surface area contributed by atoms with Gasteiger partial charge in [0.2, 0.25) is 0 Å². The molecule has 0 amide bonds. The molecule has 0 spiro atoms. The van der Waals surface area contributed by atoms with Crippen molar-refractivity contribution in [3.05, 3.63) is 90.5 Å². The van der Waals surface area contributed by atoms with E-state index >= 15 is 0 Å². The lowest BCUT2D eigenvalue weighted by molar-refractivity contribution is 0.296. The molecule has 4 nitrogen and oxygen atoms in total. The maximum absolute atomic E-state index is 13.5. The largest absolute Gasteiger partial charge is 0.647 e. The first-order valence-electron chi connectivity index (χ1n) is 8.74. The van der Waals surface area contributed by atoms with Crippen LogP contribution in [0, 0.1) is 0 Å². The lowest BCUT2D eigenvalue weighted by atomic mass is 9.86. The van der Waals surface area contributed by atoms with Gasteiger partial charge >= 0.3 is 7.82 Å².